The Morgan fingerprint density at radius 1 is 1.28 bits per heavy atom. The van der Waals surface area contributed by atoms with E-state index in [9.17, 15) is 13.6 Å². The first-order valence-electron chi connectivity index (χ1n) is 8.40. The van der Waals surface area contributed by atoms with Gasteiger partial charge in [-0.3, -0.25) is 14.8 Å². The molecule has 8 nitrogen and oxygen atoms in total. The number of nitrogens with one attached hydrogen (secondary N) is 1. The largest absolute Gasteiger partial charge is 0.339 e. The van der Waals surface area contributed by atoms with Crippen LogP contribution in [0.2, 0.25) is 0 Å². The number of nitrogens with zero attached hydrogens (tertiary/aromatic N) is 5. The second-order valence-electron chi connectivity index (χ2n) is 6.21. The van der Waals surface area contributed by atoms with E-state index in [-0.39, 0.29) is 10.7 Å². The van der Waals surface area contributed by atoms with Crippen molar-refractivity contribution < 1.29 is 18.1 Å². The molecule has 1 amide bonds. The fourth-order valence-corrected chi connectivity index (χ4v) is 3.54. The van der Waals surface area contributed by atoms with Crippen LogP contribution >= 0.6 is 11.3 Å². The summed E-state index contributed by atoms with van der Waals surface area (Å²) in [5.74, 6) is -1.96. The Bertz CT molecular complexity index is 1230. The molecule has 0 radical (unpaired) electrons. The number of aryl methyl sites for hydroxylation is 3. The third-order valence-electron chi connectivity index (χ3n) is 4.13. The molecule has 0 bridgehead atoms. The lowest BCUT2D eigenvalue weighted by atomic mass is 10.1. The highest BCUT2D eigenvalue weighted by Crippen LogP contribution is 2.31. The van der Waals surface area contributed by atoms with Gasteiger partial charge in [0.15, 0.2) is 5.13 Å². The lowest BCUT2D eigenvalue weighted by molar-refractivity contribution is 0.101. The third-order valence-corrected chi connectivity index (χ3v) is 5.06. The van der Waals surface area contributed by atoms with E-state index in [1.54, 1.807) is 24.7 Å². The van der Waals surface area contributed by atoms with E-state index in [1.165, 1.54) is 19.2 Å². The number of aromatic nitrogens is 5. The summed E-state index contributed by atoms with van der Waals surface area (Å²) in [7, 11) is 1.74. The second-order valence-corrected chi connectivity index (χ2v) is 7.24. The van der Waals surface area contributed by atoms with Crippen molar-refractivity contribution in [1.82, 2.24) is 24.9 Å². The second kappa shape index (κ2) is 7.17. The average Bonchev–Trinajstić information content (AvgIpc) is 3.38. The summed E-state index contributed by atoms with van der Waals surface area (Å²) in [4.78, 5) is 21.3. The van der Waals surface area contributed by atoms with Crippen molar-refractivity contribution >= 4 is 22.4 Å². The molecule has 0 saturated carbocycles. The average molecular weight is 416 g/mol. The van der Waals surface area contributed by atoms with E-state index in [4.69, 9.17) is 4.52 Å². The van der Waals surface area contributed by atoms with Crippen molar-refractivity contribution in [3.05, 3.63) is 53.0 Å². The maximum absolute atomic E-state index is 14.2. The fraction of sp³-hybridized carbons (Fsp3) is 0.167. The molecule has 29 heavy (non-hydrogen) atoms. The number of benzene rings is 1. The van der Waals surface area contributed by atoms with Gasteiger partial charge in [0.2, 0.25) is 11.7 Å². The van der Waals surface area contributed by atoms with Crippen molar-refractivity contribution in [1.29, 1.82) is 0 Å². The molecule has 3 aromatic heterocycles. The van der Waals surface area contributed by atoms with Crippen LogP contribution in [0.5, 0.6) is 0 Å². The Hall–Kier alpha value is -3.47. The van der Waals surface area contributed by atoms with Gasteiger partial charge in [0.25, 0.3) is 5.91 Å². The number of carbonyl (C=O) groups excluding carboxylic acids is 1. The minimum absolute atomic E-state index is 0.176. The van der Waals surface area contributed by atoms with Crippen LogP contribution < -0.4 is 5.32 Å². The number of rotatable bonds is 4. The summed E-state index contributed by atoms with van der Waals surface area (Å²) in [6.45, 7) is 3.14. The maximum Gasteiger partial charge on any atom is 0.263 e. The molecule has 11 heteroatoms. The van der Waals surface area contributed by atoms with Crippen LogP contribution in [0.25, 0.3) is 22.1 Å². The Balaban J connectivity index is 1.59. The van der Waals surface area contributed by atoms with Crippen molar-refractivity contribution in [2.24, 2.45) is 7.05 Å². The quantitative estimate of drug-likeness (QED) is 0.544. The lowest BCUT2D eigenvalue weighted by Gasteiger charge is -2.06. The Labute approximate surface area is 167 Å². The molecule has 0 aliphatic heterocycles. The Morgan fingerprint density at radius 3 is 2.79 bits per heavy atom. The first kappa shape index (κ1) is 18.9. The molecule has 1 aromatic carbocycles. The van der Waals surface area contributed by atoms with Crippen LogP contribution in [0, 0.1) is 25.5 Å². The van der Waals surface area contributed by atoms with Crippen LogP contribution in [-0.4, -0.2) is 30.8 Å². The van der Waals surface area contributed by atoms with Crippen LogP contribution in [0.15, 0.2) is 28.9 Å². The number of thiazole rings is 1. The van der Waals surface area contributed by atoms with Gasteiger partial charge in [-0.2, -0.15) is 10.1 Å². The van der Waals surface area contributed by atoms with Gasteiger partial charge in [-0.15, -0.1) is 0 Å². The molecular weight excluding hydrogens is 402 g/mol. The number of anilines is 1. The fourth-order valence-electron chi connectivity index (χ4n) is 2.69. The highest BCUT2D eigenvalue weighted by Gasteiger charge is 2.21. The normalized spacial score (nSPS) is 11.1. The predicted octanol–water partition coefficient (Wildman–Crippen LogP) is 3.74. The third kappa shape index (κ3) is 3.51. The zero-order valence-electron chi connectivity index (χ0n) is 15.5. The van der Waals surface area contributed by atoms with Crippen molar-refractivity contribution in [3.63, 3.8) is 0 Å². The molecule has 4 aromatic rings. The van der Waals surface area contributed by atoms with Gasteiger partial charge in [-0.05, 0) is 24.6 Å². The SMILES string of the molecule is Cc1nc(-c2cc(-c3cnc(NC(=O)c4c(F)ccc(C)c4F)s3)n(C)n2)no1. The monoisotopic (exact) mass is 416 g/mol. The van der Waals surface area contributed by atoms with E-state index in [0.717, 1.165) is 17.4 Å². The summed E-state index contributed by atoms with van der Waals surface area (Å²) in [5, 5.41) is 10.8. The minimum Gasteiger partial charge on any atom is -0.339 e. The van der Waals surface area contributed by atoms with Gasteiger partial charge in [-0.1, -0.05) is 22.6 Å². The van der Waals surface area contributed by atoms with Gasteiger partial charge < -0.3 is 4.52 Å². The minimum atomic E-state index is -0.936. The zero-order chi connectivity index (χ0) is 20.7. The highest BCUT2D eigenvalue weighted by molar-refractivity contribution is 7.19. The predicted molar refractivity (Wildman–Crippen MR) is 101 cm³/mol. The van der Waals surface area contributed by atoms with Gasteiger partial charge in [0.05, 0.1) is 10.6 Å². The summed E-state index contributed by atoms with van der Waals surface area (Å²) < 4.78 is 34.7. The van der Waals surface area contributed by atoms with Crippen LogP contribution in [0.1, 0.15) is 21.8 Å². The molecule has 0 aliphatic carbocycles. The number of hydrogen-bond donors (Lipinski definition) is 1. The number of halogens is 2. The van der Waals surface area contributed by atoms with Crippen LogP contribution in [0.4, 0.5) is 13.9 Å². The van der Waals surface area contributed by atoms with Crippen LogP contribution in [-0.2, 0) is 7.05 Å². The van der Waals surface area contributed by atoms with Crippen LogP contribution in [0.3, 0.4) is 0 Å². The summed E-state index contributed by atoms with van der Waals surface area (Å²) in [5.41, 5.74) is 0.753. The van der Waals surface area contributed by atoms with Gasteiger partial charge in [0, 0.05) is 20.2 Å². The first-order chi connectivity index (χ1) is 13.8. The summed E-state index contributed by atoms with van der Waals surface area (Å²) in [6.07, 6.45) is 1.53. The number of amides is 1. The number of carbonyl (C=O) groups is 1. The lowest BCUT2D eigenvalue weighted by Crippen LogP contribution is -2.16. The maximum atomic E-state index is 14.2. The Kier molecular flexibility index (Phi) is 4.66. The Morgan fingerprint density at radius 2 is 2.07 bits per heavy atom. The molecule has 0 aliphatic rings. The molecule has 148 valence electrons. The van der Waals surface area contributed by atoms with Gasteiger partial charge in [0.1, 0.15) is 22.9 Å². The van der Waals surface area contributed by atoms with E-state index < -0.39 is 23.1 Å². The van der Waals surface area contributed by atoms with Crippen molar-refractivity contribution in [2.45, 2.75) is 13.8 Å². The summed E-state index contributed by atoms with van der Waals surface area (Å²) in [6, 6.07) is 4.08. The van der Waals surface area contributed by atoms with Gasteiger partial charge in [-0.25, -0.2) is 13.8 Å². The topological polar surface area (TPSA) is 98.7 Å². The van der Waals surface area contributed by atoms with E-state index in [2.05, 4.69) is 25.5 Å². The molecule has 0 atom stereocenters. The van der Waals surface area contributed by atoms with E-state index >= 15 is 0 Å². The molecule has 0 saturated heterocycles. The molecule has 3 heterocycles. The smallest absolute Gasteiger partial charge is 0.263 e. The standard InChI is InChI=1S/C18H14F2N6O2S/c1-8-4-5-10(19)14(15(8)20)17(27)23-18-21-7-13(29-18)12-6-11(24-26(12)3)16-22-9(2)28-25-16/h4-7H,1-3H3,(H,21,23,27). The molecule has 0 unspecified atom stereocenters. The molecule has 4 rings (SSSR count). The molecular formula is C18H14F2N6O2S. The first-order valence-corrected chi connectivity index (χ1v) is 9.22. The number of hydrogen-bond acceptors (Lipinski definition) is 7. The van der Waals surface area contributed by atoms with Crippen molar-refractivity contribution in [2.75, 3.05) is 5.32 Å². The van der Waals surface area contributed by atoms with Crippen molar-refractivity contribution in [3.8, 4) is 22.1 Å². The van der Waals surface area contributed by atoms with Gasteiger partial charge >= 0.3 is 0 Å². The molecule has 0 fully saturated rings. The van der Waals surface area contributed by atoms with E-state index in [1.807, 2.05) is 0 Å². The summed E-state index contributed by atoms with van der Waals surface area (Å²) >= 11 is 1.14. The molecule has 0 spiro atoms. The highest BCUT2D eigenvalue weighted by atomic mass is 32.1. The molecule has 1 N–H and O–H groups in total. The zero-order valence-corrected chi connectivity index (χ0v) is 16.3. The van der Waals surface area contributed by atoms with E-state index in [0.29, 0.717) is 28.0 Å².